The quantitative estimate of drug-likeness (QED) is 0.629. The van der Waals surface area contributed by atoms with Gasteiger partial charge >= 0.3 is 5.97 Å². The lowest BCUT2D eigenvalue weighted by molar-refractivity contribution is -0.130. The summed E-state index contributed by atoms with van der Waals surface area (Å²) in [5.74, 6) is -0.942. The number of carbonyl (C=O) groups is 1. The average Bonchev–Trinajstić information content (AvgIpc) is 3.11. The van der Waals surface area contributed by atoms with Crippen molar-refractivity contribution < 1.29 is 9.90 Å². The van der Waals surface area contributed by atoms with Crippen LogP contribution in [0.4, 0.5) is 5.69 Å². The SMILES string of the molecule is CC(=C(C(=O)O)c1ccccc1)c1nc(CNc2ccccc2)cs1. The number of aromatic nitrogens is 1. The molecule has 2 aromatic carbocycles. The third kappa shape index (κ3) is 4.14. The number of benzene rings is 2. The maximum absolute atomic E-state index is 11.7. The predicted molar refractivity (Wildman–Crippen MR) is 102 cm³/mol. The van der Waals surface area contributed by atoms with Crippen LogP contribution in [0.1, 0.15) is 23.2 Å². The molecule has 0 unspecified atom stereocenters. The van der Waals surface area contributed by atoms with E-state index in [1.165, 1.54) is 11.3 Å². The molecule has 126 valence electrons. The van der Waals surface area contributed by atoms with E-state index in [0.717, 1.165) is 16.4 Å². The van der Waals surface area contributed by atoms with Gasteiger partial charge in [0.05, 0.1) is 17.8 Å². The van der Waals surface area contributed by atoms with Crippen molar-refractivity contribution in [2.75, 3.05) is 5.32 Å². The zero-order chi connectivity index (χ0) is 17.6. The number of hydrogen-bond acceptors (Lipinski definition) is 4. The monoisotopic (exact) mass is 350 g/mol. The molecule has 0 saturated carbocycles. The number of thiazole rings is 1. The molecule has 4 nitrogen and oxygen atoms in total. The molecule has 1 aromatic heterocycles. The Labute approximate surface area is 150 Å². The lowest BCUT2D eigenvalue weighted by Gasteiger charge is -2.07. The number of nitrogens with zero attached hydrogens (tertiary/aromatic N) is 1. The fraction of sp³-hybridized carbons (Fsp3) is 0.100. The Hall–Kier alpha value is -2.92. The van der Waals surface area contributed by atoms with Crippen LogP contribution in [0.2, 0.25) is 0 Å². The number of allylic oxidation sites excluding steroid dienone is 1. The minimum absolute atomic E-state index is 0.289. The smallest absolute Gasteiger partial charge is 0.336 e. The van der Waals surface area contributed by atoms with Crippen LogP contribution in [-0.4, -0.2) is 16.1 Å². The topological polar surface area (TPSA) is 62.2 Å². The van der Waals surface area contributed by atoms with E-state index in [1.54, 1.807) is 12.1 Å². The average molecular weight is 350 g/mol. The molecule has 0 fully saturated rings. The normalized spacial score (nSPS) is 11.7. The first-order valence-electron chi connectivity index (χ1n) is 7.88. The number of aliphatic carboxylic acids is 1. The van der Waals surface area contributed by atoms with Crippen molar-refractivity contribution >= 4 is 34.1 Å². The van der Waals surface area contributed by atoms with Gasteiger partial charge < -0.3 is 10.4 Å². The summed E-state index contributed by atoms with van der Waals surface area (Å²) < 4.78 is 0. The third-order valence-corrected chi connectivity index (χ3v) is 4.78. The van der Waals surface area contributed by atoms with Crippen molar-refractivity contribution in [1.82, 2.24) is 4.98 Å². The van der Waals surface area contributed by atoms with Crippen LogP contribution in [0.25, 0.3) is 11.1 Å². The second-order valence-corrected chi connectivity index (χ2v) is 6.39. The van der Waals surface area contributed by atoms with Gasteiger partial charge in [-0.25, -0.2) is 9.78 Å². The summed E-state index contributed by atoms with van der Waals surface area (Å²) >= 11 is 1.46. The molecule has 25 heavy (non-hydrogen) atoms. The highest BCUT2D eigenvalue weighted by Gasteiger charge is 2.17. The van der Waals surface area contributed by atoms with Crippen LogP contribution in [0.5, 0.6) is 0 Å². The van der Waals surface area contributed by atoms with E-state index in [2.05, 4.69) is 10.3 Å². The molecule has 0 aliphatic heterocycles. The highest BCUT2D eigenvalue weighted by molar-refractivity contribution is 7.10. The summed E-state index contributed by atoms with van der Waals surface area (Å²) in [6.45, 7) is 2.41. The number of carboxylic acid groups (broad SMARTS) is 1. The molecule has 0 radical (unpaired) electrons. The van der Waals surface area contributed by atoms with Crippen LogP contribution >= 0.6 is 11.3 Å². The van der Waals surface area contributed by atoms with E-state index in [1.807, 2.05) is 60.8 Å². The van der Waals surface area contributed by atoms with Gasteiger partial charge in [0.1, 0.15) is 5.01 Å². The molecule has 0 spiro atoms. The number of rotatable bonds is 6. The van der Waals surface area contributed by atoms with Crippen molar-refractivity contribution in [3.63, 3.8) is 0 Å². The summed E-state index contributed by atoms with van der Waals surface area (Å²) in [5.41, 5.74) is 3.57. The lowest BCUT2D eigenvalue weighted by atomic mass is 10.0. The molecule has 0 atom stereocenters. The van der Waals surface area contributed by atoms with Gasteiger partial charge in [0.2, 0.25) is 0 Å². The summed E-state index contributed by atoms with van der Waals surface area (Å²) in [6.07, 6.45) is 0. The van der Waals surface area contributed by atoms with E-state index in [9.17, 15) is 9.90 Å². The summed E-state index contributed by atoms with van der Waals surface area (Å²) in [4.78, 5) is 16.3. The minimum Gasteiger partial charge on any atom is -0.478 e. The standard InChI is InChI=1S/C20H18N2O2S/c1-14(18(20(23)24)15-8-4-2-5-9-15)19-22-17(13-25-19)12-21-16-10-6-3-7-11-16/h2-11,13,21H,12H2,1H3,(H,23,24). The van der Waals surface area contributed by atoms with E-state index in [4.69, 9.17) is 0 Å². The van der Waals surface area contributed by atoms with Gasteiger partial charge in [0, 0.05) is 16.6 Å². The number of nitrogens with one attached hydrogen (secondary N) is 1. The van der Waals surface area contributed by atoms with Gasteiger partial charge in [-0.15, -0.1) is 11.3 Å². The molecule has 3 rings (SSSR count). The second-order valence-electron chi connectivity index (χ2n) is 5.53. The maximum Gasteiger partial charge on any atom is 0.336 e. The number of hydrogen-bond donors (Lipinski definition) is 2. The Kier molecular flexibility index (Phi) is 5.26. The van der Waals surface area contributed by atoms with Crippen LogP contribution in [-0.2, 0) is 11.3 Å². The summed E-state index contributed by atoms with van der Waals surface area (Å²) in [5, 5.41) is 15.6. The zero-order valence-electron chi connectivity index (χ0n) is 13.8. The summed E-state index contributed by atoms with van der Waals surface area (Å²) in [6, 6.07) is 19.1. The molecule has 3 aromatic rings. The fourth-order valence-electron chi connectivity index (χ4n) is 2.52. The second kappa shape index (κ2) is 7.77. The predicted octanol–water partition coefficient (Wildman–Crippen LogP) is 4.77. The van der Waals surface area contributed by atoms with Crippen LogP contribution < -0.4 is 5.32 Å². The molecule has 0 saturated heterocycles. The Bertz CT molecular complexity index is 886. The molecule has 1 heterocycles. The van der Waals surface area contributed by atoms with Crippen LogP contribution in [0, 0.1) is 0 Å². The van der Waals surface area contributed by atoms with Crippen LogP contribution in [0.15, 0.2) is 66.0 Å². The third-order valence-electron chi connectivity index (χ3n) is 3.77. The van der Waals surface area contributed by atoms with Crippen LogP contribution in [0.3, 0.4) is 0 Å². The van der Waals surface area contributed by atoms with Crippen molar-refractivity contribution in [1.29, 1.82) is 0 Å². The van der Waals surface area contributed by atoms with Crippen molar-refractivity contribution in [2.45, 2.75) is 13.5 Å². The Balaban J connectivity index is 1.83. The van der Waals surface area contributed by atoms with Gasteiger partial charge in [-0.05, 0) is 24.6 Å². The van der Waals surface area contributed by atoms with E-state index in [0.29, 0.717) is 17.7 Å². The first kappa shape index (κ1) is 16.9. The molecule has 0 bridgehead atoms. The Morgan fingerprint density at radius 3 is 2.36 bits per heavy atom. The van der Waals surface area contributed by atoms with E-state index < -0.39 is 5.97 Å². The van der Waals surface area contributed by atoms with Gasteiger partial charge in [-0.3, -0.25) is 0 Å². The molecule has 5 heteroatoms. The first-order valence-corrected chi connectivity index (χ1v) is 8.76. The Morgan fingerprint density at radius 1 is 1.08 bits per heavy atom. The van der Waals surface area contributed by atoms with E-state index in [-0.39, 0.29) is 5.57 Å². The minimum atomic E-state index is -0.942. The molecule has 0 aliphatic rings. The van der Waals surface area contributed by atoms with Crippen molar-refractivity contribution in [3.05, 3.63) is 82.3 Å². The summed E-state index contributed by atoms with van der Waals surface area (Å²) in [7, 11) is 0. The van der Waals surface area contributed by atoms with Gasteiger partial charge in [0.25, 0.3) is 0 Å². The molecular formula is C20H18N2O2S. The Morgan fingerprint density at radius 2 is 1.72 bits per heavy atom. The number of carboxylic acids is 1. The molecule has 0 aliphatic carbocycles. The fourth-order valence-corrected chi connectivity index (χ4v) is 3.35. The maximum atomic E-state index is 11.7. The van der Waals surface area contributed by atoms with E-state index >= 15 is 0 Å². The van der Waals surface area contributed by atoms with Gasteiger partial charge in [-0.2, -0.15) is 0 Å². The number of anilines is 1. The lowest BCUT2D eigenvalue weighted by Crippen LogP contribution is -2.03. The first-order chi connectivity index (χ1) is 12.1. The van der Waals surface area contributed by atoms with Crippen molar-refractivity contribution in [2.24, 2.45) is 0 Å². The highest BCUT2D eigenvalue weighted by Crippen LogP contribution is 2.28. The largest absolute Gasteiger partial charge is 0.478 e. The zero-order valence-corrected chi connectivity index (χ0v) is 14.6. The van der Waals surface area contributed by atoms with Gasteiger partial charge in [-0.1, -0.05) is 48.5 Å². The highest BCUT2D eigenvalue weighted by atomic mass is 32.1. The molecular weight excluding hydrogens is 332 g/mol. The van der Waals surface area contributed by atoms with Crippen molar-refractivity contribution in [3.8, 4) is 0 Å². The number of para-hydroxylation sites is 1. The van der Waals surface area contributed by atoms with Gasteiger partial charge in [0.15, 0.2) is 0 Å². The molecule has 2 N–H and O–H groups in total. The molecule has 0 amide bonds.